The fourth-order valence-corrected chi connectivity index (χ4v) is 4.64. The van der Waals surface area contributed by atoms with Gasteiger partial charge in [-0.05, 0) is 55.3 Å². The Balaban J connectivity index is 1.27. The molecule has 7 heteroatoms. The predicted molar refractivity (Wildman–Crippen MR) is 126 cm³/mol. The molecule has 0 amide bonds. The Bertz CT molecular complexity index is 1260. The van der Waals surface area contributed by atoms with Gasteiger partial charge >= 0.3 is 0 Å². The van der Waals surface area contributed by atoms with Crippen LogP contribution in [0.15, 0.2) is 54.9 Å². The second-order valence-corrected chi connectivity index (χ2v) is 8.74. The van der Waals surface area contributed by atoms with Gasteiger partial charge in [-0.3, -0.25) is 4.57 Å². The number of fused-ring (bicyclic) bond motifs is 2. The second kappa shape index (κ2) is 8.07. The van der Waals surface area contributed by atoms with Crippen molar-refractivity contribution in [3.63, 3.8) is 0 Å². The maximum absolute atomic E-state index is 6.06. The van der Waals surface area contributed by atoms with E-state index in [1.165, 1.54) is 5.69 Å². The first-order valence-corrected chi connectivity index (χ1v) is 11.4. The smallest absolute Gasteiger partial charge is 0.139 e. The van der Waals surface area contributed by atoms with Gasteiger partial charge in [-0.25, -0.2) is 9.97 Å². The number of aromatic nitrogens is 3. The molecular weight excluding hydrogens is 402 g/mol. The molecule has 0 spiro atoms. The van der Waals surface area contributed by atoms with E-state index in [2.05, 4.69) is 40.2 Å². The van der Waals surface area contributed by atoms with Crippen molar-refractivity contribution >= 4 is 27.6 Å². The number of pyridine rings is 1. The largest absolute Gasteiger partial charge is 0.488 e. The lowest BCUT2D eigenvalue weighted by molar-refractivity contribution is 0.141. The molecule has 4 aromatic rings. The van der Waals surface area contributed by atoms with E-state index in [0.717, 1.165) is 72.5 Å². The summed E-state index contributed by atoms with van der Waals surface area (Å²) in [7, 11) is 0. The Morgan fingerprint density at radius 3 is 2.72 bits per heavy atom. The van der Waals surface area contributed by atoms with Gasteiger partial charge in [-0.15, -0.1) is 0 Å². The van der Waals surface area contributed by atoms with E-state index in [0.29, 0.717) is 12.6 Å². The van der Waals surface area contributed by atoms with Crippen LogP contribution in [-0.4, -0.2) is 53.0 Å². The van der Waals surface area contributed by atoms with Gasteiger partial charge in [0.1, 0.15) is 24.0 Å². The van der Waals surface area contributed by atoms with Crippen LogP contribution in [0.2, 0.25) is 0 Å². The summed E-state index contributed by atoms with van der Waals surface area (Å²) in [6.07, 6.45) is 4.98. The summed E-state index contributed by atoms with van der Waals surface area (Å²) >= 11 is 0. The summed E-state index contributed by atoms with van der Waals surface area (Å²) in [6, 6.07) is 17.1. The normalized spacial score (nSPS) is 19.8. The van der Waals surface area contributed by atoms with Crippen LogP contribution in [0.3, 0.4) is 0 Å². The summed E-state index contributed by atoms with van der Waals surface area (Å²) in [5, 5.41) is 1.14. The van der Waals surface area contributed by atoms with Crippen molar-refractivity contribution in [3.8, 4) is 11.6 Å². The maximum Gasteiger partial charge on any atom is 0.139 e. The number of imidazole rings is 1. The lowest BCUT2D eigenvalue weighted by Gasteiger charge is -2.32. The first-order chi connectivity index (χ1) is 15.7. The van der Waals surface area contributed by atoms with Gasteiger partial charge < -0.3 is 20.1 Å². The molecule has 2 aromatic heterocycles. The first kappa shape index (κ1) is 19.5. The van der Waals surface area contributed by atoms with Crippen LogP contribution in [0.25, 0.3) is 27.8 Å². The van der Waals surface area contributed by atoms with Crippen LogP contribution < -0.4 is 15.4 Å². The molecule has 32 heavy (non-hydrogen) atoms. The third-order valence-corrected chi connectivity index (χ3v) is 6.52. The molecule has 4 heterocycles. The third kappa shape index (κ3) is 3.67. The molecule has 2 N–H and O–H groups in total. The van der Waals surface area contributed by atoms with E-state index in [1.54, 1.807) is 0 Å². The molecule has 2 fully saturated rings. The highest BCUT2D eigenvalue weighted by Gasteiger charge is 2.18. The Morgan fingerprint density at radius 2 is 1.88 bits per heavy atom. The van der Waals surface area contributed by atoms with Crippen molar-refractivity contribution < 1.29 is 9.47 Å². The summed E-state index contributed by atoms with van der Waals surface area (Å²) < 4.78 is 13.4. The number of hydrogen-bond acceptors (Lipinski definition) is 6. The molecule has 1 atom stereocenters. The summed E-state index contributed by atoms with van der Waals surface area (Å²) in [6.45, 7) is 3.45. The SMILES string of the molecule is NC1CCN(c2ccc3nc(-n4cnc5cc(OC6CCOC6)ccc54)ccc3c2)CC1. The Labute approximate surface area is 186 Å². The van der Waals surface area contributed by atoms with Crippen molar-refractivity contribution in [2.45, 2.75) is 31.4 Å². The number of hydrogen-bond donors (Lipinski definition) is 1. The predicted octanol–water partition coefficient (Wildman–Crippen LogP) is 3.67. The van der Waals surface area contributed by atoms with Gasteiger partial charge in [0, 0.05) is 42.7 Å². The zero-order valence-electron chi connectivity index (χ0n) is 18.0. The van der Waals surface area contributed by atoms with E-state index >= 15 is 0 Å². The minimum absolute atomic E-state index is 0.128. The lowest BCUT2D eigenvalue weighted by Crippen LogP contribution is -2.39. The number of nitrogens with two attached hydrogens (primary N) is 1. The third-order valence-electron chi connectivity index (χ3n) is 6.52. The Morgan fingerprint density at radius 1 is 0.969 bits per heavy atom. The second-order valence-electron chi connectivity index (χ2n) is 8.74. The van der Waals surface area contributed by atoms with Crippen molar-refractivity contribution in [3.05, 3.63) is 54.9 Å². The fraction of sp³-hybridized carbons (Fsp3) is 0.360. The summed E-state index contributed by atoms with van der Waals surface area (Å²) in [4.78, 5) is 11.9. The molecule has 6 rings (SSSR count). The topological polar surface area (TPSA) is 78.4 Å². The molecule has 2 aromatic carbocycles. The number of piperidine rings is 1. The first-order valence-electron chi connectivity index (χ1n) is 11.4. The van der Waals surface area contributed by atoms with E-state index in [4.69, 9.17) is 20.2 Å². The van der Waals surface area contributed by atoms with Crippen LogP contribution in [0, 0.1) is 0 Å². The zero-order valence-corrected chi connectivity index (χ0v) is 18.0. The number of rotatable bonds is 4. The monoisotopic (exact) mass is 429 g/mol. The van der Waals surface area contributed by atoms with Gasteiger partial charge in [0.2, 0.25) is 0 Å². The Hall–Kier alpha value is -3.16. The number of nitrogens with zero attached hydrogens (tertiary/aromatic N) is 4. The number of anilines is 1. The lowest BCUT2D eigenvalue weighted by atomic mass is 10.0. The molecule has 7 nitrogen and oxygen atoms in total. The van der Waals surface area contributed by atoms with E-state index in [9.17, 15) is 0 Å². The highest BCUT2D eigenvalue weighted by Crippen LogP contribution is 2.27. The Kier molecular flexibility index (Phi) is 4.92. The standard InChI is InChI=1S/C25H27N5O2/c26-18-7-10-29(11-8-18)19-2-4-22-17(13-19)1-6-25(28-22)30-16-27-23-14-20(3-5-24(23)30)32-21-9-12-31-15-21/h1-6,13-14,16,18,21H,7-12,15,26H2. The molecule has 2 saturated heterocycles. The van der Waals surface area contributed by atoms with Crippen LogP contribution in [-0.2, 0) is 4.74 Å². The molecule has 0 saturated carbocycles. The average Bonchev–Trinajstić information content (AvgIpc) is 3.48. The molecular formula is C25H27N5O2. The number of ether oxygens (including phenoxy) is 2. The number of benzene rings is 2. The van der Waals surface area contributed by atoms with Crippen LogP contribution in [0.1, 0.15) is 19.3 Å². The van der Waals surface area contributed by atoms with Crippen molar-refractivity contribution in [1.29, 1.82) is 0 Å². The fourth-order valence-electron chi connectivity index (χ4n) is 4.64. The van der Waals surface area contributed by atoms with Crippen LogP contribution in [0.4, 0.5) is 5.69 Å². The van der Waals surface area contributed by atoms with Gasteiger partial charge in [-0.1, -0.05) is 0 Å². The molecule has 2 aliphatic heterocycles. The van der Waals surface area contributed by atoms with E-state index in [-0.39, 0.29) is 6.10 Å². The maximum atomic E-state index is 6.06. The quantitative estimate of drug-likeness (QED) is 0.533. The van der Waals surface area contributed by atoms with E-state index < -0.39 is 0 Å². The van der Waals surface area contributed by atoms with E-state index in [1.807, 2.05) is 29.1 Å². The average molecular weight is 430 g/mol. The zero-order chi connectivity index (χ0) is 21.5. The minimum atomic E-state index is 0.128. The minimum Gasteiger partial charge on any atom is -0.488 e. The van der Waals surface area contributed by atoms with Crippen molar-refractivity contribution in [1.82, 2.24) is 14.5 Å². The van der Waals surface area contributed by atoms with Crippen molar-refractivity contribution in [2.24, 2.45) is 5.73 Å². The van der Waals surface area contributed by atoms with Gasteiger partial charge in [-0.2, -0.15) is 0 Å². The van der Waals surface area contributed by atoms with Crippen LogP contribution in [0.5, 0.6) is 5.75 Å². The van der Waals surface area contributed by atoms with Gasteiger partial charge in [0.15, 0.2) is 0 Å². The van der Waals surface area contributed by atoms with Crippen molar-refractivity contribution in [2.75, 3.05) is 31.2 Å². The highest BCUT2D eigenvalue weighted by molar-refractivity contribution is 5.84. The molecule has 164 valence electrons. The summed E-state index contributed by atoms with van der Waals surface area (Å²) in [5.41, 5.74) is 10.2. The highest BCUT2D eigenvalue weighted by atomic mass is 16.5. The van der Waals surface area contributed by atoms with Crippen LogP contribution >= 0.6 is 0 Å². The van der Waals surface area contributed by atoms with Gasteiger partial charge in [0.05, 0.1) is 29.8 Å². The molecule has 0 bridgehead atoms. The molecule has 0 aliphatic carbocycles. The molecule has 0 radical (unpaired) electrons. The molecule has 2 aliphatic rings. The molecule has 1 unspecified atom stereocenters. The van der Waals surface area contributed by atoms with Gasteiger partial charge in [0.25, 0.3) is 0 Å². The summed E-state index contributed by atoms with van der Waals surface area (Å²) in [5.74, 6) is 1.69.